The Morgan fingerprint density at radius 3 is 3.00 bits per heavy atom. The number of likely N-dealkylation sites (N-methyl/N-ethyl adjacent to an activating group) is 1. The fraction of sp³-hybridized carbons (Fsp3) is 0.474. The molecule has 1 aromatic carbocycles. The van der Waals surface area contributed by atoms with Gasteiger partial charge >= 0.3 is 0 Å². The summed E-state index contributed by atoms with van der Waals surface area (Å²) in [7, 11) is 1.70. The number of carbonyl (C=O) groups is 2. The van der Waals surface area contributed by atoms with E-state index >= 15 is 0 Å². The number of para-hydroxylation sites is 2. The Morgan fingerprint density at radius 1 is 1.35 bits per heavy atom. The van der Waals surface area contributed by atoms with Crippen molar-refractivity contribution in [2.24, 2.45) is 5.92 Å². The number of anilines is 1. The van der Waals surface area contributed by atoms with Crippen LogP contribution in [0.5, 0.6) is 5.75 Å². The second-order valence-electron chi connectivity index (χ2n) is 7.29. The Hall–Kier alpha value is -2.54. The van der Waals surface area contributed by atoms with Gasteiger partial charge in [-0.25, -0.2) is 5.43 Å². The van der Waals surface area contributed by atoms with Gasteiger partial charge in [-0.2, -0.15) is 0 Å². The molecule has 0 saturated heterocycles. The van der Waals surface area contributed by atoms with E-state index in [0.29, 0.717) is 17.4 Å². The Labute approximate surface area is 152 Å². The van der Waals surface area contributed by atoms with E-state index in [2.05, 4.69) is 23.1 Å². The van der Waals surface area contributed by atoms with Crippen LogP contribution in [0.2, 0.25) is 0 Å². The Balaban J connectivity index is 1.48. The lowest BCUT2D eigenvalue weighted by Crippen LogP contribution is -2.54. The van der Waals surface area contributed by atoms with Gasteiger partial charge in [0.15, 0.2) is 0 Å². The lowest BCUT2D eigenvalue weighted by Gasteiger charge is -2.24. The van der Waals surface area contributed by atoms with Gasteiger partial charge < -0.3 is 20.4 Å². The fourth-order valence-electron chi connectivity index (χ4n) is 3.87. The molecule has 0 bridgehead atoms. The number of nitrogens with one attached hydrogen (secondary N) is 3. The van der Waals surface area contributed by atoms with Crippen molar-refractivity contribution in [3.63, 3.8) is 0 Å². The van der Waals surface area contributed by atoms with E-state index in [1.165, 1.54) is 0 Å². The molecule has 2 aliphatic heterocycles. The van der Waals surface area contributed by atoms with Crippen molar-refractivity contribution in [2.75, 3.05) is 18.6 Å². The highest BCUT2D eigenvalue weighted by molar-refractivity contribution is 6.01. The Morgan fingerprint density at radius 2 is 2.15 bits per heavy atom. The lowest BCUT2D eigenvalue weighted by atomic mass is 9.85. The van der Waals surface area contributed by atoms with Crippen molar-refractivity contribution in [1.29, 1.82) is 0 Å². The lowest BCUT2D eigenvalue weighted by molar-refractivity contribution is -0.128. The summed E-state index contributed by atoms with van der Waals surface area (Å²) < 4.78 is 5.76. The van der Waals surface area contributed by atoms with Crippen molar-refractivity contribution < 1.29 is 14.3 Å². The standard InChI is InChI=1S/C19H24N4O3/c1-11-7-8-13-12(9-11)17(22-21-13)18(24)20-14-10-26-16-6-4-3-5-15(16)23(2)19(14)25/h3-6,11,14,17,21-22H,7-10H2,1-2H3,(H,20,24)/t11?,14-,17?/m0/s1. The topological polar surface area (TPSA) is 82.7 Å². The van der Waals surface area contributed by atoms with Gasteiger partial charge in [0.25, 0.3) is 5.91 Å². The maximum atomic E-state index is 12.8. The van der Waals surface area contributed by atoms with Crippen molar-refractivity contribution in [3.8, 4) is 5.75 Å². The smallest absolute Gasteiger partial charge is 0.252 e. The largest absolute Gasteiger partial charge is 0.489 e. The number of benzene rings is 1. The summed E-state index contributed by atoms with van der Waals surface area (Å²) in [5.41, 5.74) is 9.14. The zero-order valence-electron chi connectivity index (χ0n) is 15.0. The predicted molar refractivity (Wildman–Crippen MR) is 97.4 cm³/mol. The van der Waals surface area contributed by atoms with E-state index in [1.54, 1.807) is 11.9 Å². The van der Waals surface area contributed by atoms with Gasteiger partial charge in [0.05, 0.1) is 5.69 Å². The minimum absolute atomic E-state index is 0.119. The van der Waals surface area contributed by atoms with E-state index in [0.717, 1.165) is 30.5 Å². The molecule has 3 N–H and O–H groups in total. The van der Waals surface area contributed by atoms with Gasteiger partial charge in [0.1, 0.15) is 24.4 Å². The molecule has 2 heterocycles. The molecule has 0 aromatic heterocycles. The normalized spacial score (nSPS) is 27.8. The van der Waals surface area contributed by atoms with E-state index in [9.17, 15) is 9.59 Å². The Bertz CT molecular complexity index is 776. The number of ether oxygens (including phenoxy) is 1. The van der Waals surface area contributed by atoms with Crippen LogP contribution in [-0.4, -0.2) is 37.6 Å². The van der Waals surface area contributed by atoms with Crippen molar-refractivity contribution in [2.45, 2.75) is 38.3 Å². The minimum Gasteiger partial charge on any atom is -0.489 e. The zero-order chi connectivity index (χ0) is 18.3. The highest BCUT2D eigenvalue weighted by atomic mass is 16.5. The molecule has 3 atom stereocenters. The molecule has 4 rings (SSSR count). The molecule has 3 aliphatic rings. The highest BCUT2D eigenvalue weighted by Gasteiger charge is 2.37. The minimum atomic E-state index is -0.715. The van der Waals surface area contributed by atoms with Crippen molar-refractivity contribution in [3.05, 3.63) is 35.5 Å². The molecule has 26 heavy (non-hydrogen) atoms. The summed E-state index contributed by atoms with van der Waals surface area (Å²) in [6.45, 7) is 2.32. The fourth-order valence-corrected chi connectivity index (χ4v) is 3.87. The van der Waals surface area contributed by atoms with Crippen LogP contribution in [0.1, 0.15) is 26.2 Å². The van der Waals surface area contributed by atoms with Gasteiger partial charge in [0.2, 0.25) is 5.91 Å². The molecule has 0 radical (unpaired) electrons. The molecule has 2 amide bonds. The number of hydrogen-bond acceptors (Lipinski definition) is 5. The Kier molecular flexibility index (Phi) is 4.32. The molecule has 7 nitrogen and oxygen atoms in total. The van der Waals surface area contributed by atoms with Crippen LogP contribution in [-0.2, 0) is 9.59 Å². The van der Waals surface area contributed by atoms with Crippen molar-refractivity contribution in [1.82, 2.24) is 16.2 Å². The average Bonchev–Trinajstić information content (AvgIpc) is 3.02. The van der Waals surface area contributed by atoms with Crippen LogP contribution in [0.3, 0.4) is 0 Å². The first-order chi connectivity index (χ1) is 12.5. The number of hydrazine groups is 1. The monoisotopic (exact) mass is 356 g/mol. The number of allylic oxidation sites excluding steroid dienone is 1. The number of carbonyl (C=O) groups excluding carboxylic acids is 2. The summed E-state index contributed by atoms with van der Waals surface area (Å²) in [5.74, 6) is 0.833. The average molecular weight is 356 g/mol. The summed E-state index contributed by atoms with van der Waals surface area (Å²) in [6, 6.07) is 6.23. The summed E-state index contributed by atoms with van der Waals surface area (Å²) in [5, 5.41) is 2.87. The first kappa shape index (κ1) is 16.9. The van der Waals surface area contributed by atoms with Gasteiger partial charge in [-0.1, -0.05) is 19.1 Å². The SMILES string of the molecule is CC1CCC2=C(C1)C(C(=O)N[C@H]1COc3ccccc3N(C)C1=O)NN2. The van der Waals surface area contributed by atoms with Gasteiger partial charge in [-0.05, 0) is 42.9 Å². The molecular weight excluding hydrogens is 332 g/mol. The second-order valence-corrected chi connectivity index (χ2v) is 7.29. The third-order valence-corrected chi connectivity index (χ3v) is 5.40. The molecule has 7 heteroatoms. The summed E-state index contributed by atoms with van der Waals surface area (Å²) >= 11 is 0. The van der Waals surface area contributed by atoms with Crippen LogP contribution in [0.4, 0.5) is 5.69 Å². The molecule has 1 aromatic rings. The molecule has 138 valence electrons. The van der Waals surface area contributed by atoms with Crippen LogP contribution in [0.15, 0.2) is 35.5 Å². The summed E-state index contributed by atoms with van der Waals surface area (Å²) in [4.78, 5) is 27.2. The molecule has 0 saturated carbocycles. The van der Waals surface area contributed by atoms with Gasteiger partial charge in [-0.15, -0.1) is 0 Å². The number of nitrogens with zero attached hydrogens (tertiary/aromatic N) is 1. The van der Waals surface area contributed by atoms with Crippen LogP contribution >= 0.6 is 0 Å². The zero-order valence-corrected chi connectivity index (χ0v) is 15.0. The summed E-state index contributed by atoms with van der Waals surface area (Å²) in [6.07, 6.45) is 2.98. The van der Waals surface area contributed by atoms with Crippen LogP contribution < -0.4 is 25.8 Å². The third kappa shape index (κ3) is 2.92. The molecular formula is C19H24N4O3. The van der Waals surface area contributed by atoms with Gasteiger partial charge in [0, 0.05) is 12.7 Å². The number of fused-ring (bicyclic) bond motifs is 1. The molecule has 0 fully saturated rings. The molecule has 2 unspecified atom stereocenters. The third-order valence-electron chi connectivity index (χ3n) is 5.40. The van der Waals surface area contributed by atoms with E-state index in [4.69, 9.17) is 4.74 Å². The van der Waals surface area contributed by atoms with Gasteiger partial charge in [-0.3, -0.25) is 9.59 Å². The molecule has 1 aliphatic carbocycles. The quantitative estimate of drug-likeness (QED) is 0.739. The van der Waals surface area contributed by atoms with Crippen LogP contribution in [0, 0.1) is 5.92 Å². The maximum Gasteiger partial charge on any atom is 0.252 e. The first-order valence-corrected chi connectivity index (χ1v) is 9.08. The molecule has 0 spiro atoms. The van der Waals surface area contributed by atoms with E-state index in [-0.39, 0.29) is 18.4 Å². The van der Waals surface area contributed by atoms with Crippen molar-refractivity contribution >= 4 is 17.5 Å². The number of amides is 2. The van der Waals surface area contributed by atoms with E-state index in [1.807, 2.05) is 24.3 Å². The number of hydrogen-bond donors (Lipinski definition) is 3. The van der Waals surface area contributed by atoms with E-state index < -0.39 is 12.1 Å². The maximum absolute atomic E-state index is 12.8. The first-order valence-electron chi connectivity index (χ1n) is 9.08. The van der Waals surface area contributed by atoms with Crippen LogP contribution in [0.25, 0.3) is 0 Å². The predicted octanol–water partition coefficient (Wildman–Crippen LogP) is 1.08. The highest BCUT2D eigenvalue weighted by Crippen LogP contribution is 2.33. The second kappa shape index (κ2) is 6.64. The number of rotatable bonds is 2.